The second kappa shape index (κ2) is 6.61. The average molecular weight is 346 g/mol. The van der Waals surface area contributed by atoms with Crippen molar-refractivity contribution in [3.05, 3.63) is 48.0 Å². The van der Waals surface area contributed by atoms with Gasteiger partial charge in [0.1, 0.15) is 0 Å². The van der Waals surface area contributed by atoms with E-state index in [0.717, 1.165) is 30.3 Å². The lowest BCUT2D eigenvalue weighted by Gasteiger charge is -2.37. The summed E-state index contributed by atoms with van der Waals surface area (Å²) < 4.78 is 0. The Morgan fingerprint density at radius 2 is 1.90 bits per heavy atom. The molecule has 0 bridgehead atoms. The summed E-state index contributed by atoms with van der Waals surface area (Å²) in [5, 5.41) is 3.29. The SMILES string of the molecule is O=C(Cc1ccc2ccccc2c1)N(CCBr)C1CCC1. The standard InChI is InChI=1S/C18H20BrNO/c19-10-11-20(17-6-3-7-17)18(21)13-14-8-9-15-4-1-2-5-16(15)12-14/h1-2,4-5,8-9,12,17H,3,6-7,10-11,13H2. The predicted molar refractivity (Wildman–Crippen MR) is 90.8 cm³/mol. The molecule has 1 aliphatic carbocycles. The molecule has 2 aromatic rings. The van der Waals surface area contributed by atoms with Gasteiger partial charge in [-0.1, -0.05) is 58.4 Å². The van der Waals surface area contributed by atoms with Crippen molar-refractivity contribution >= 4 is 32.6 Å². The number of rotatable bonds is 5. The molecule has 2 nitrogen and oxygen atoms in total. The number of benzene rings is 2. The Labute approximate surface area is 134 Å². The van der Waals surface area contributed by atoms with Crippen LogP contribution >= 0.6 is 15.9 Å². The van der Waals surface area contributed by atoms with E-state index in [9.17, 15) is 4.79 Å². The van der Waals surface area contributed by atoms with Gasteiger partial charge in [-0.05, 0) is 35.6 Å². The number of fused-ring (bicyclic) bond motifs is 1. The molecule has 1 aliphatic rings. The van der Waals surface area contributed by atoms with Gasteiger partial charge < -0.3 is 4.90 Å². The lowest BCUT2D eigenvalue weighted by molar-refractivity contribution is -0.134. The monoisotopic (exact) mass is 345 g/mol. The predicted octanol–water partition coefficient (Wildman–Crippen LogP) is 4.16. The largest absolute Gasteiger partial charge is 0.339 e. The summed E-state index contributed by atoms with van der Waals surface area (Å²) in [6.07, 6.45) is 4.09. The minimum absolute atomic E-state index is 0.259. The van der Waals surface area contributed by atoms with Crippen LogP contribution in [0, 0.1) is 0 Å². The Morgan fingerprint density at radius 1 is 1.14 bits per heavy atom. The minimum atomic E-state index is 0.259. The van der Waals surface area contributed by atoms with Gasteiger partial charge in [-0.15, -0.1) is 0 Å². The molecule has 1 saturated carbocycles. The molecule has 21 heavy (non-hydrogen) atoms. The van der Waals surface area contributed by atoms with Gasteiger partial charge in [-0.3, -0.25) is 4.79 Å². The van der Waals surface area contributed by atoms with Gasteiger partial charge in [-0.2, -0.15) is 0 Å². The summed E-state index contributed by atoms with van der Waals surface area (Å²) in [6, 6.07) is 15.1. The third kappa shape index (κ3) is 3.29. The quantitative estimate of drug-likeness (QED) is 0.745. The number of alkyl halides is 1. The lowest BCUT2D eigenvalue weighted by atomic mass is 9.91. The van der Waals surface area contributed by atoms with Gasteiger partial charge in [0, 0.05) is 17.9 Å². The maximum absolute atomic E-state index is 12.6. The van der Waals surface area contributed by atoms with E-state index in [0.29, 0.717) is 12.5 Å². The van der Waals surface area contributed by atoms with E-state index in [4.69, 9.17) is 0 Å². The number of nitrogens with zero attached hydrogens (tertiary/aromatic N) is 1. The Kier molecular flexibility index (Phi) is 4.59. The summed E-state index contributed by atoms with van der Waals surface area (Å²) in [5.74, 6) is 0.259. The molecule has 0 heterocycles. The van der Waals surface area contributed by atoms with Crippen LogP contribution in [0.2, 0.25) is 0 Å². The Hall–Kier alpha value is -1.35. The van der Waals surface area contributed by atoms with Crippen molar-refractivity contribution in [3.8, 4) is 0 Å². The van der Waals surface area contributed by atoms with Crippen LogP contribution in [-0.2, 0) is 11.2 Å². The van der Waals surface area contributed by atoms with E-state index >= 15 is 0 Å². The van der Waals surface area contributed by atoms with Crippen molar-refractivity contribution in [2.75, 3.05) is 11.9 Å². The molecule has 0 radical (unpaired) electrons. The maximum atomic E-state index is 12.6. The van der Waals surface area contributed by atoms with E-state index in [2.05, 4.69) is 51.2 Å². The third-order valence-corrected chi connectivity index (χ3v) is 4.69. The maximum Gasteiger partial charge on any atom is 0.227 e. The lowest BCUT2D eigenvalue weighted by Crippen LogP contribution is -2.45. The molecule has 1 fully saturated rings. The van der Waals surface area contributed by atoms with Crippen LogP contribution < -0.4 is 0 Å². The highest BCUT2D eigenvalue weighted by atomic mass is 79.9. The second-order valence-electron chi connectivity index (χ2n) is 5.72. The third-order valence-electron chi connectivity index (χ3n) is 4.33. The highest BCUT2D eigenvalue weighted by molar-refractivity contribution is 9.09. The Balaban J connectivity index is 1.74. The van der Waals surface area contributed by atoms with Crippen LogP contribution in [0.5, 0.6) is 0 Å². The molecule has 0 aromatic heterocycles. The van der Waals surface area contributed by atoms with E-state index < -0.39 is 0 Å². The van der Waals surface area contributed by atoms with Crippen LogP contribution in [-0.4, -0.2) is 28.7 Å². The van der Waals surface area contributed by atoms with Crippen LogP contribution in [0.25, 0.3) is 10.8 Å². The second-order valence-corrected chi connectivity index (χ2v) is 6.51. The molecule has 0 unspecified atom stereocenters. The molecule has 0 atom stereocenters. The number of carbonyl (C=O) groups is 1. The number of carbonyl (C=O) groups excluding carboxylic acids is 1. The molecular formula is C18H20BrNO. The molecule has 0 saturated heterocycles. The zero-order chi connectivity index (χ0) is 14.7. The first kappa shape index (κ1) is 14.6. The Morgan fingerprint density at radius 3 is 2.57 bits per heavy atom. The molecule has 3 rings (SSSR count). The fourth-order valence-electron chi connectivity index (χ4n) is 2.93. The first-order chi connectivity index (χ1) is 10.3. The number of hydrogen-bond acceptors (Lipinski definition) is 1. The van der Waals surface area contributed by atoms with Crippen LogP contribution in [0.15, 0.2) is 42.5 Å². The Bertz CT molecular complexity index is 636. The van der Waals surface area contributed by atoms with Gasteiger partial charge in [0.25, 0.3) is 0 Å². The zero-order valence-corrected chi connectivity index (χ0v) is 13.7. The first-order valence-corrected chi connectivity index (χ1v) is 8.73. The van der Waals surface area contributed by atoms with Gasteiger partial charge in [-0.25, -0.2) is 0 Å². The normalized spacial score (nSPS) is 14.9. The highest BCUT2D eigenvalue weighted by Gasteiger charge is 2.27. The summed E-state index contributed by atoms with van der Waals surface area (Å²) in [4.78, 5) is 14.6. The summed E-state index contributed by atoms with van der Waals surface area (Å²) in [5.41, 5.74) is 1.11. The molecule has 0 spiro atoms. The minimum Gasteiger partial charge on any atom is -0.339 e. The fraction of sp³-hybridized carbons (Fsp3) is 0.389. The summed E-state index contributed by atoms with van der Waals surface area (Å²) in [7, 11) is 0. The van der Waals surface area contributed by atoms with Gasteiger partial charge in [0.15, 0.2) is 0 Å². The topological polar surface area (TPSA) is 20.3 Å². The van der Waals surface area contributed by atoms with Crippen molar-refractivity contribution in [3.63, 3.8) is 0 Å². The molecule has 110 valence electrons. The average Bonchev–Trinajstić information content (AvgIpc) is 2.45. The van der Waals surface area contributed by atoms with Gasteiger partial charge >= 0.3 is 0 Å². The van der Waals surface area contributed by atoms with Crippen molar-refractivity contribution in [1.29, 1.82) is 0 Å². The van der Waals surface area contributed by atoms with Crippen LogP contribution in [0.4, 0.5) is 0 Å². The highest BCUT2D eigenvalue weighted by Crippen LogP contribution is 2.26. The van der Waals surface area contributed by atoms with Crippen molar-refractivity contribution in [2.24, 2.45) is 0 Å². The van der Waals surface area contributed by atoms with E-state index in [1.807, 2.05) is 12.1 Å². The van der Waals surface area contributed by atoms with Gasteiger partial charge in [0.05, 0.1) is 6.42 Å². The molecule has 0 N–H and O–H groups in total. The van der Waals surface area contributed by atoms with Crippen LogP contribution in [0.1, 0.15) is 24.8 Å². The number of hydrogen-bond donors (Lipinski definition) is 0. The van der Waals surface area contributed by atoms with E-state index in [1.54, 1.807) is 0 Å². The molecule has 3 heteroatoms. The first-order valence-electron chi connectivity index (χ1n) is 7.61. The number of halogens is 1. The molecule has 1 amide bonds. The van der Waals surface area contributed by atoms with E-state index in [1.165, 1.54) is 17.2 Å². The molecular weight excluding hydrogens is 326 g/mol. The summed E-state index contributed by atoms with van der Waals surface area (Å²) in [6.45, 7) is 0.817. The van der Waals surface area contributed by atoms with Crippen molar-refractivity contribution in [2.45, 2.75) is 31.7 Å². The smallest absolute Gasteiger partial charge is 0.227 e. The number of amides is 1. The van der Waals surface area contributed by atoms with E-state index in [-0.39, 0.29) is 5.91 Å². The molecule has 2 aromatic carbocycles. The van der Waals surface area contributed by atoms with Crippen molar-refractivity contribution in [1.82, 2.24) is 4.90 Å². The summed E-state index contributed by atoms with van der Waals surface area (Å²) >= 11 is 3.46. The van der Waals surface area contributed by atoms with Crippen LogP contribution in [0.3, 0.4) is 0 Å². The van der Waals surface area contributed by atoms with Gasteiger partial charge in [0.2, 0.25) is 5.91 Å². The zero-order valence-electron chi connectivity index (χ0n) is 12.1. The fourth-order valence-corrected chi connectivity index (χ4v) is 3.31. The molecule has 0 aliphatic heterocycles. The van der Waals surface area contributed by atoms with Crippen molar-refractivity contribution < 1.29 is 4.79 Å².